The molecule has 0 saturated carbocycles. The number of aliphatic carboxylic acids is 1. The summed E-state index contributed by atoms with van der Waals surface area (Å²) >= 11 is 0. The van der Waals surface area contributed by atoms with Crippen LogP contribution in [0.1, 0.15) is 11.1 Å². The van der Waals surface area contributed by atoms with Gasteiger partial charge in [-0.3, -0.25) is 4.99 Å². The van der Waals surface area contributed by atoms with Crippen LogP contribution in [0.25, 0.3) is 5.57 Å². The fourth-order valence-corrected chi connectivity index (χ4v) is 4.05. The Hall–Kier alpha value is -4.00. The van der Waals surface area contributed by atoms with E-state index in [1.807, 2.05) is 74.4 Å². The van der Waals surface area contributed by atoms with Crippen LogP contribution >= 0.6 is 0 Å². The van der Waals surface area contributed by atoms with Crippen molar-refractivity contribution < 1.29 is 14.6 Å². The molecule has 1 aliphatic heterocycles. The van der Waals surface area contributed by atoms with Gasteiger partial charge >= 0.3 is 5.97 Å². The Morgan fingerprint density at radius 1 is 1.03 bits per heavy atom. The second-order valence-corrected chi connectivity index (χ2v) is 8.05. The molecule has 32 heavy (non-hydrogen) atoms. The quantitative estimate of drug-likeness (QED) is 0.659. The Bertz CT molecular complexity index is 1250. The van der Waals surface area contributed by atoms with Gasteiger partial charge in [0.25, 0.3) is 0 Å². The van der Waals surface area contributed by atoms with Crippen LogP contribution in [-0.4, -0.2) is 52.0 Å². The molecule has 3 N–H and O–H groups in total. The first-order valence-corrected chi connectivity index (χ1v) is 10.2. The zero-order chi connectivity index (χ0) is 23.2. The van der Waals surface area contributed by atoms with E-state index in [1.54, 1.807) is 19.2 Å². The van der Waals surface area contributed by atoms with Crippen molar-refractivity contribution in [2.24, 2.45) is 10.7 Å². The fraction of sp³-hybridized carbons (Fsp3) is 0.200. The molecule has 0 saturated heterocycles. The third-order valence-electron chi connectivity index (χ3n) is 5.65. The molecule has 0 aromatic heterocycles. The van der Waals surface area contributed by atoms with Crippen molar-refractivity contribution >= 4 is 28.6 Å². The van der Waals surface area contributed by atoms with Crippen molar-refractivity contribution in [3.8, 4) is 11.5 Å². The number of ether oxygens (including phenoxy) is 1. The van der Waals surface area contributed by atoms with Gasteiger partial charge in [0.2, 0.25) is 0 Å². The lowest BCUT2D eigenvalue weighted by atomic mass is 9.83. The molecular weight excluding hydrogens is 404 g/mol. The van der Waals surface area contributed by atoms with Crippen LogP contribution < -0.4 is 20.3 Å². The summed E-state index contributed by atoms with van der Waals surface area (Å²) in [6, 6.07) is 11.8. The predicted octanol–water partition coefficient (Wildman–Crippen LogP) is 3.66. The zero-order valence-electron chi connectivity index (χ0n) is 18.8. The van der Waals surface area contributed by atoms with Crippen molar-refractivity contribution in [3.63, 3.8) is 0 Å². The first-order chi connectivity index (χ1) is 15.2. The number of allylic oxidation sites excluding steroid dienone is 2. The van der Waals surface area contributed by atoms with Crippen molar-refractivity contribution in [1.82, 2.24) is 0 Å². The molecule has 2 aliphatic rings. The van der Waals surface area contributed by atoms with Crippen LogP contribution in [0, 0.1) is 0 Å². The maximum atomic E-state index is 12.3. The van der Waals surface area contributed by atoms with E-state index in [1.165, 1.54) is 0 Å². The highest BCUT2D eigenvalue weighted by molar-refractivity contribution is 6.17. The van der Waals surface area contributed by atoms with E-state index in [2.05, 4.69) is 4.99 Å². The average molecular weight is 431 g/mol. The molecule has 0 spiro atoms. The van der Waals surface area contributed by atoms with Gasteiger partial charge in [0, 0.05) is 63.7 Å². The van der Waals surface area contributed by atoms with Crippen molar-refractivity contribution in [3.05, 3.63) is 76.5 Å². The average Bonchev–Trinajstić information content (AvgIpc) is 2.75. The summed E-state index contributed by atoms with van der Waals surface area (Å²) in [5.41, 5.74) is 11.7. The highest BCUT2D eigenvalue weighted by Gasteiger charge is 2.32. The summed E-state index contributed by atoms with van der Waals surface area (Å²) in [4.78, 5) is 20.4. The molecule has 1 heterocycles. The van der Waals surface area contributed by atoms with E-state index < -0.39 is 5.97 Å². The lowest BCUT2D eigenvalue weighted by Crippen LogP contribution is -2.22. The van der Waals surface area contributed by atoms with Gasteiger partial charge in [0.05, 0.1) is 22.7 Å². The SMILES string of the molecule is CN=C1C=C/C(=C2\c3ccc(N(C)C)cc3Oc3c2cccc3N(C)C)C(C(=O)O)=C1N. The molecule has 1 aliphatic carbocycles. The number of carboxylic acid groups (broad SMARTS) is 1. The summed E-state index contributed by atoms with van der Waals surface area (Å²) in [7, 11) is 9.41. The van der Waals surface area contributed by atoms with E-state index in [0.29, 0.717) is 22.8 Å². The monoisotopic (exact) mass is 430 g/mol. The lowest BCUT2D eigenvalue weighted by Gasteiger charge is -2.30. The molecule has 7 heteroatoms. The van der Waals surface area contributed by atoms with Crippen LogP contribution in [0.3, 0.4) is 0 Å². The fourth-order valence-electron chi connectivity index (χ4n) is 4.05. The highest BCUT2D eigenvalue weighted by Crippen LogP contribution is 2.50. The summed E-state index contributed by atoms with van der Waals surface area (Å²) in [6.45, 7) is 0. The van der Waals surface area contributed by atoms with Crippen LogP contribution in [0.15, 0.2) is 70.4 Å². The minimum Gasteiger partial charge on any atom is -0.478 e. The number of carbonyl (C=O) groups is 1. The first kappa shape index (κ1) is 21.2. The Kier molecular flexibility index (Phi) is 5.26. The number of hydrogen-bond acceptors (Lipinski definition) is 6. The van der Waals surface area contributed by atoms with Gasteiger partial charge in [-0.25, -0.2) is 4.79 Å². The number of nitrogens with zero attached hydrogens (tertiary/aromatic N) is 3. The number of aliphatic imine (C=N–C) groups is 1. The molecule has 2 aromatic rings. The molecule has 2 aromatic carbocycles. The number of fused-ring (bicyclic) bond motifs is 2. The number of para-hydroxylation sites is 1. The summed E-state index contributed by atoms with van der Waals surface area (Å²) in [6.07, 6.45) is 3.53. The Morgan fingerprint density at radius 2 is 1.78 bits per heavy atom. The summed E-state index contributed by atoms with van der Waals surface area (Å²) in [5, 5.41) is 10.1. The maximum absolute atomic E-state index is 12.3. The number of nitrogens with two attached hydrogens (primary N) is 1. The molecule has 0 atom stereocenters. The molecule has 0 unspecified atom stereocenters. The third kappa shape index (κ3) is 3.32. The Balaban J connectivity index is 2.12. The van der Waals surface area contributed by atoms with Gasteiger partial charge in [0.1, 0.15) is 5.75 Å². The lowest BCUT2D eigenvalue weighted by molar-refractivity contribution is -0.132. The highest BCUT2D eigenvalue weighted by atomic mass is 16.5. The topological polar surface area (TPSA) is 91.4 Å². The third-order valence-corrected chi connectivity index (χ3v) is 5.65. The summed E-state index contributed by atoms with van der Waals surface area (Å²) in [5.74, 6) is 0.237. The normalized spacial score (nSPS) is 18.2. The smallest absolute Gasteiger partial charge is 0.338 e. The van der Waals surface area contributed by atoms with E-state index in [9.17, 15) is 9.90 Å². The number of hydrogen-bond donors (Lipinski definition) is 2. The van der Waals surface area contributed by atoms with Gasteiger partial charge in [-0.15, -0.1) is 0 Å². The standard InChI is InChI=1S/C25H26N4O3/c1-27-18-12-11-16(22(23(18)26)25(30)31)21-15-10-9-14(28(2)3)13-20(15)32-24-17(21)7-6-8-19(24)29(4)5/h6-13H,26H2,1-5H3,(H,30,31)/b21-16-,27-18?. The van der Waals surface area contributed by atoms with Gasteiger partial charge < -0.3 is 25.4 Å². The van der Waals surface area contributed by atoms with E-state index in [0.717, 1.165) is 28.1 Å². The summed E-state index contributed by atoms with van der Waals surface area (Å²) < 4.78 is 6.40. The van der Waals surface area contributed by atoms with Gasteiger partial charge in [-0.2, -0.15) is 0 Å². The van der Waals surface area contributed by atoms with Gasteiger partial charge in [0.15, 0.2) is 5.75 Å². The number of rotatable bonds is 3. The minimum atomic E-state index is -1.10. The molecule has 0 radical (unpaired) electrons. The maximum Gasteiger partial charge on any atom is 0.338 e. The molecule has 0 bridgehead atoms. The Morgan fingerprint density at radius 3 is 2.41 bits per heavy atom. The van der Waals surface area contributed by atoms with E-state index >= 15 is 0 Å². The van der Waals surface area contributed by atoms with Crippen molar-refractivity contribution in [1.29, 1.82) is 0 Å². The van der Waals surface area contributed by atoms with Crippen molar-refractivity contribution in [2.75, 3.05) is 45.0 Å². The van der Waals surface area contributed by atoms with E-state index in [-0.39, 0.29) is 11.3 Å². The van der Waals surface area contributed by atoms with Gasteiger partial charge in [-0.05, 0) is 29.8 Å². The molecule has 0 fully saturated rings. The number of carboxylic acids is 1. The molecule has 7 nitrogen and oxygen atoms in total. The minimum absolute atomic E-state index is 0.0360. The van der Waals surface area contributed by atoms with Crippen molar-refractivity contribution in [2.45, 2.75) is 0 Å². The van der Waals surface area contributed by atoms with Crippen LogP contribution in [0.5, 0.6) is 11.5 Å². The largest absolute Gasteiger partial charge is 0.478 e. The second-order valence-electron chi connectivity index (χ2n) is 8.05. The predicted molar refractivity (Wildman–Crippen MR) is 129 cm³/mol. The van der Waals surface area contributed by atoms with Crippen LogP contribution in [0.2, 0.25) is 0 Å². The van der Waals surface area contributed by atoms with Crippen LogP contribution in [-0.2, 0) is 4.79 Å². The number of benzene rings is 2. The second kappa shape index (κ2) is 7.92. The van der Waals surface area contributed by atoms with Gasteiger partial charge in [-0.1, -0.05) is 18.2 Å². The number of anilines is 2. The molecule has 0 amide bonds. The zero-order valence-corrected chi connectivity index (χ0v) is 18.8. The van der Waals surface area contributed by atoms with Crippen LogP contribution in [0.4, 0.5) is 11.4 Å². The first-order valence-electron chi connectivity index (χ1n) is 10.2. The molecule has 4 rings (SSSR count). The molecule has 164 valence electrons. The van der Waals surface area contributed by atoms with E-state index in [4.69, 9.17) is 10.5 Å². The Labute approximate surface area is 187 Å². The molecular formula is C25H26N4O3.